The third-order valence-electron chi connectivity index (χ3n) is 7.05. The molecule has 0 bridgehead atoms. The second-order valence-electron chi connectivity index (χ2n) is 9.53. The van der Waals surface area contributed by atoms with Gasteiger partial charge >= 0.3 is 0 Å². The van der Waals surface area contributed by atoms with Crippen molar-refractivity contribution in [3.05, 3.63) is 87.8 Å². The summed E-state index contributed by atoms with van der Waals surface area (Å²) in [6, 6.07) is 12.8. The Balaban J connectivity index is 1.10. The molecule has 0 radical (unpaired) electrons. The van der Waals surface area contributed by atoms with Gasteiger partial charge in [-0.05, 0) is 54.3 Å². The predicted octanol–water partition coefficient (Wildman–Crippen LogP) is 3.68. The molecule has 2 aliphatic rings. The average Bonchev–Trinajstić information content (AvgIpc) is 3.63. The number of benzene rings is 2. The number of nitrogens with one attached hydrogen (secondary N) is 2. The van der Waals surface area contributed by atoms with Crippen LogP contribution in [0.2, 0.25) is 0 Å². The fraction of sp³-hybridized carbons (Fsp3) is 0.296. The fourth-order valence-electron chi connectivity index (χ4n) is 5.11. The number of carbonyl (C=O) groups is 2. The number of aromatic amines is 1. The van der Waals surface area contributed by atoms with Gasteiger partial charge in [0.25, 0.3) is 11.8 Å². The van der Waals surface area contributed by atoms with Crippen LogP contribution >= 0.6 is 11.3 Å². The molecule has 36 heavy (non-hydrogen) atoms. The number of rotatable bonds is 6. The lowest BCUT2D eigenvalue weighted by Gasteiger charge is -2.41. The van der Waals surface area contributed by atoms with Crippen LogP contribution in [0.4, 0.5) is 4.39 Å². The van der Waals surface area contributed by atoms with Crippen LogP contribution in [0.3, 0.4) is 0 Å². The van der Waals surface area contributed by atoms with Crippen molar-refractivity contribution >= 4 is 34.1 Å². The van der Waals surface area contributed by atoms with Crippen molar-refractivity contribution in [3.8, 4) is 0 Å². The first kappa shape index (κ1) is 22.9. The van der Waals surface area contributed by atoms with Crippen LogP contribution in [0.15, 0.2) is 60.2 Å². The summed E-state index contributed by atoms with van der Waals surface area (Å²) in [5.74, 6) is -0.263. The summed E-state index contributed by atoms with van der Waals surface area (Å²) < 4.78 is 13.4. The lowest BCUT2D eigenvalue weighted by molar-refractivity contribution is 0.0552. The zero-order chi connectivity index (χ0) is 24.6. The Bertz CT molecular complexity index is 1400. The second-order valence-corrected chi connectivity index (χ2v) is 10.4. The third kappa shape index (κ3) is 4.52. The largest absolute Gasteiger partial charge is 0.361 e. The molecule has 2 aromatic carbocycles. The Morgan fingerprint density at radius 2 is 1.86 bits per heavy atom. The van der Waals surface area contributed by atoms with Crippen LogP contribution in [-0.4, -0.2) is 69.8 Å². The Morgan fingerprint density at radius 3 is 2.64 bits per heavy atom. The highest BCUT2D eigenvalue weighted by Crippen LogP contribution is 2.26. The number of H-pyrrole nitrogens is 1. The molecule has 9 heteroatoms. The highest BCUT2D eigenvalue weighted by atomic mass is 32.1. The minimum absolute atomic E-state index is 0.00598. The second kappa shape index (κ2) is 9.48. The van der Waals surface area contributed by atoms with Gasteiger partial charge in [0.2, 0.25) is 0 Å². The van der Waals surface area contributed by atoms with Gasteiger partial charge in [0.15, 0.2) is 5.01 Å². The Morgan fingerprint density at radius 1 is 1.06 bits per heavy atom. The van der Waals surface area contributed by atoms with Crippen molar-refractivity contribution < 1.29 is 14.0 Å². The molecule has 1 atom stereocenters. The van der Waals surface area contributed by atoms with Crippen LogP contribution in [0, 0.1) is 5.82 Å². The van der Waals surface area contributed by atoms with E-state index in [4.69, 9.17) is 0 Å². The standard InChI is InChI=1S/C27H26FN5O2S/c28-20-3-1-17(2-4-20)11-19-13-24-18(5-7-29-24)12-23(19)26(34)33-15-22(16-33)31-21-6-9-32(14-21)27(35)25-30-8-10-36-25/h1-5,7-8,10,12-13,21-22,29,31H,6,9,11,14-16H2/t21-/m0/s1. The molecule has 2 aliphatic heterocycles. The maximum atomic E-state index is 13.5. The lowest BCUT2D eigenvalue weighted by atomic mass is 9.95. The van der Waals surface area contributed by atoms with Crippen LogP contribution in [0.25, 0.3) is 10.9 Å². The van der Waals surface area contributed by atoms with E-state index in [2.05, 4.69) is 15.3 Å². The molecule has 6 rings (SSSR count). The van der Waals surface area contributed by atoms with E-state index in [0.717, 1.165) is 35.0 Å². The van der Waals surface area contributed by atoms with Gasteiger partial charge in [-0.2, -0.15) is 0 Å². The summed E-state index contributed by atoms with van der Waals surface area (Å²) in [7, 11) is 0. The van der Waals surface area contributed by atoms with E-state index in [1.54, 1.807) is 18.3 Å². The maximum absolute atomic E-state index is 13.5. The van der Waals surface area contributed by atoms with Gasteiger partial charge in [-0.1, -0.05) is 12.1 Å². The number of halogens is 1. The highest BCUT2D eigenvalue weighted by molar-refractivity contribution is 7.11. The van der Waals surface area contributed by atoms with E-state index < -0.39 is 0 Å². The summed E-state index contributed by atoms with van der Waals surface area (Å²) in [5, 5.41) is 6.97. The molecule has 0 unspecified atom stereocenters. The number of hydrogen-bond donors (Lipinski definition) is 2. The number of amides is 2. The van der Waals surface area contributed by atoms with Crippen molar-refractivity contribution in [2.45, 2.75) is 24.9 Å². The number of nitrogens with zero attached hydrogens (tertiary/aromatic N) is 3. The van der Waals surface area contributed by atoms with Crippen LogP contribution in [0.5, 0.6) is 0 Å². The first-order valence-corrected chi connectivity index (χ1v) is 13.0. The fourth-order valence-corrected chi connectivity index (χ4v) is 5.71. The van der Waals surface area contributed by atoms with Gasteiger partial charge in [0.1, 0.15) is 5.82 Å². The lowest BCUT2D eigenvalue weighted by Crippen LogP contribution is -2.62. The van der Waals surface area contributed by atoms with E-state index in [0.29, 0.717) is 36.6 Å². The average molecular weight is 504 g/mol. The molecule has 0 spiro atoms. The van der Waals surface area contributed by atoms with Gasteiger partial charge < -0.3 is 20.1 Å². The molecule has 4 aromatic rings. The number of fused-ring (bicyclic) bond motifs is 1. The van der Waals surface area contributed by atoms with E-state index in [9.17, 15) is 14.0 Å². The van der Waals surface area contributed by atoms with E-state index in [1.807, 2.05) is 39.6 Å². The van der Waals surface area contributed by atoms with Crippen molar-refractivity contribution in [1.29, 1.82) is 0 Å². The van der Waals surface area contributed by atoms with E-state index >= 15 is 0 Å². The van der Waals surface area contributed by atoms with Crippen molar-refractivity contribution in [1.82, 2.24) is 25.1 Å². The minimum Gasteiger partial charge on any atom is -0.361 e. The Kier molecular flexibility index (Phi) is 6.02. The zero-order valence-electron chi connectivity index (χ0n) is 19.6. The molecule has 184 valence electrons. The molecule has 0 saturated carbocycles. The minimum atomic E-state index is -0.271. The molecule has 0 aliphatic carbocycles. The van der Waals surface area contributed by atoms with Crippen molar-refractivity contribution in [2.24, 2.45) is 0 Å². The first-order valence-electron chi connectivity index (χ1n) is 12.1. The van der Waals surface area contributed by atoms with E-state index in [1.165, 1.54) is 23.5 Å². The number of carbonyl (C=O) groups excluding carboxylic acids is 2. The summed E-state index contributed by atoms with van der Waals surface area (Å²) in [6.45, 7) is 2.65. The summed E-state index contributed by atoms with van der Waals surface area (Å²) in [4.78, 5) is 37.1. The summed E-state index contributed by atoms with van der Waals surface area (Å²) in [6.07, 6.45) is 4.97. The van der Waals surface area contributed by atoms with Gasteiger partial charge in [-0.15, -0.1) is 11.3 Å². The molecule has 2 aromatic heterocycles. The maximum Gasteiger partial charge on any atom is 0.282 e. The molecular formula is C27H26FN5O2S. The first-order chi connectivity index (χ1) is 17.5. The monoisotopic (exact) mass is 503 g/mol. The number of likely N-dealkylation sites (tertiary alicyclic amines) is 2. The molecular weight excluding hydrogens is 477 g/mol. The van der Waals surface area contributed by atoms with Crippen molar-refractivity contribution in [3.63, 3.8) is 0 Å². The summed E-state index contributed by atoms with van der Waals surface area (Å²) in [5.41, 5.74) is 3.54. The van der Waals surface area contributed by atoms with Crippen molar-refractivity contribution in [2.75, 3.05) is 26.2 Å². The number of thiazole rings is 1. The normalized spacial score (nSPS) is 18.1. The SMILES string of the molecule is O=C(c1nccs1)N1CC[C@H](NC2CN(C(=O)c3cc4cc[nH]c4cc3Cc3ccc(F)cc3)C2)C1. The molecule has 4 heterocycles. The number of aromatic nitrogens is 2. The van der Waals surface area contributed by atoms with Gasteiger partial charge in [0.05, 0.1) is 0 Å². The molecule has 2 fully saturated rings. The Hall–Kier alpha value is -3.56. The van der Waals surface area contributed by atoms with E-state index in [-0.39, 0.29) is 29.7 Å². The topological polar surface area (TPSA) is 81.3 Å². The van der Waals surface area contributed by atoms with Crippen LogP contribution < -0.4 is 5.32 Å². The molecule has 2 amide bonds. The highest BCUT2D eigenvalue weighted by Gasteiger charge is 2.36. The van der Waals surface area contributed by atoms with Crippen LogP contribution in [0.1, 0.15) is 37.7 Å². The predicted molar refractivity (Wildman–Crippen MR) is 137 cm³/mol. The zero-order valence-corrected chi connectivity index (χ0v) is 20.4. The Labute approximate surface area is 211 Å². The third-order valence-corrected chi connectivity index (χ3v) is 7.81. The molecule has 2 N–H and O–H groups in total. The van der Waals surface area contributed by atoms with Crippen LogP contribution in [-0.2, 0) is 6.42 Å². The van der Waals surface area contributed by atoms with Gasteiger partial charge in [-0.3, -0.25) is 9.59 Å². The molecule has 2 saturated heterocycles. The van der Waals surface area contributed by atoms with Gasteiger partial charge in [0, 0.05) is 72.5 Å². The smallest absolute Gasteiger partial charge is 0.282 e. The quantitative estimate of drug-likeness (QED) is 0.421. The summed E-state index contributed by atoms with van der Waals surface area (Å²) >= 11 is 1.37. The number of hydrogen-bond acceptors (Lipinski definition) is 5. The molecule has 7 nitrogen and oxygen atoms in total. The van der Waals surface area contributed by atoms with Gasteiger partial charge in [-0.25, -0.2) is 9.37 Å².